The summed E-state index contributed by atoms with van der Waals surface area (Å²) in [5, 5.41) is 0. The third-order valence-corrected chi connectivity index (χ3v) is 9.15. The number of carbonyl (C=O) groups excluding carboxylic acids is 1. The Morgan fingerprint density at radius 1 is 1.00 bits per heavy atom. The normalized spacial score (nSPS) is 34.4. The van der Waals surface area contributed by atoms with Gasteiger partial charge in [-0.05, 0) is 100 Å². The lowest BCUT2D eigenvalue weighted by Crippen LogP contribution is -2.52. The fraction of sp³-hybridized carbons (Fsp3) is 0.708. The van der Waals surface area contributed by atoms with Crippen LogP contribution in [-0.4, -0.2) is 28.5 Å². The average Bonchev–Trinajstić information content (AvgIpc) is 2.86. The average molecular weight is 431 g/mol. The molecular weight excluding hydrogens is 392 g/mol. The first-order valence-electron chi connectivity index (χ1n) is 11.4. The van der Waals surface area contributed by atoms with E-state index in [1.165, 1.54) is 17.5 Å². The Labute approximate surface area is 178 Å². The van der Waals surface area contributed by atoms with Gasteiger partial charge in [-0.1, -0.05) is 13.0 Å². The second kappa shape index (κ2) is 7.06. The lowest BCUT2D eigenvalue weighted by molar-refractivity contribution is -0.133. The zero-order chi connectivity index (χ0) is 21.2. The van der Waals surface area contributed by atoms with Gasteiger partial charge >= 0.3 is 0 Å². The van der Waals surface area contributed by atoms with Gasteiger partial charge in [-0.15, -0.1) is 0 Å². The van der Waals surface area contributed by atoms with Crippen molar-refractivity contribution in [1.29, 1.82) is 0 Å². The second-order valence-corrected chi connectivity index (χ2v) is 20.7. The van der Waals surface area contributed by atoms with Gasteiger partial charge in [-0.2, -0.15) is 0 Å². The van der Waals surface area contributed by atoms with Crippen molar-refractivity contribution in [3.05, 3.63) is 29.3 Å². The Kier molecular flexibility index (Phi) is 5.19. The smallest absolute Gasteiger partial charge is 0.242 e. The summed E-state index contributed by atoms with van der Waals surface area (Å²) in [6, 6.07) is 6.79. The monoisotopic (exact) mass is 430 g/mol. The van der Waals surface area contributed by atoms with Gasteiger partial charge in [0, 0.05) is 17.8 Å². The van der Waals surface area contributed by atoms with Gasteiger partial charge in [0.1, 0.15) is 11.5 Å². The van der Waals surface area contributed by atoms with Crippen molar-refractivity contribution < 1.29 is 13.6 Å². The number of aryl methyl sites for hydroxylation is 1. The van der Waals surface area contributed by atoms with E-state index >= 15 is 0 Å². The number of hydrogen-bond donors (Lipinski definition) is 0. The molecule has 0 heterocycles. The molecule has 2 fully saturated rings. The van der Waals surface area contributed by atoms with Crippen LogP contribution in [0.15, 0.2) is 18.2 Å². The van der Waals surface area contributed by atoms with Gasteiger partial charge in [0.15, 0.2) is 8.32 Å². The maximum atomic E-state index is 12.9. The van der Waals surface area contributed by atoms with Gasteiger partial charge in [0.25, 0.3) is 0 Å². The molecule has 5 heteroatoms. The van der Waals surface area contributed by atoms with Crippen molar-refractivity contribution in [3.8, 4) is 5.75 Å². The van der Waals surface area contributed by atoms with Gasteiger partial charge in [-0.3, -0.25) is 4.79 Å². The van der Waals surface area contributed by atoms with E-state index in [0.29, 0.717) is 23.5 Å². The third kappa shape index (κ3) is 4.02. The molecular formula is C24H38O3Si2. The van der Waals surface area contributed by atoms with E-state index in [2.05, 4.69) is 64.4 Å². The minimum Gasteiger partial charge on any atom is -0.544 e. The number of carbonyl (C=O) groups is 1. The number of rotatable bonds is 4. The molecule has 0 spiro atoms. The number of Topliss-reactive ketones (excluding diaryl/α,β-unsaturated/α-hetero) is 1. The van der Waals surface area contributed by atoms with Crippen molar-refractivity contribution >= 4 is 22.4 Å². The molecule has 0 N–H and O–H groups in total. The highest BCUT2D eigenvalue weighted by Crippen LogP contribution is 2.60. The van der Waals surface area contributed by atoms with Crippen LogP contribution in [0.25, 0.3) is 0 Å². The molecule has 1 aromatic rings. The fourth-order valence-corrected chi connectivity index (χ4v) is 8.34. The fourth-order valence-electron chi connectivity index (χ4n) is 6.36. The van der Waals surface area contributed by atoms with Gasteiger partial charge < -0.3 is 8.85 Å². The molecule has 3 nitrogen and oxygen atoms in total. The first-order valence-corrected chi connectivity index (χ1v) is 18.2. The van der Waals surface area contributed by atoms with Crippen LogP contribution < -0.4 is 4.43 Å². The maximum absolute atomic E-state index is 12.9. The van der Waals surface area contributed by atoms with E-state index in [4.69, 9.17) is 8.85 Å². The van der Waals surface area contributed by atoms with E-state index in [9.17, 15) is 4.79 Å². The summed E-state index contributed by atoms with van der Waals surface area (Å²) >= 11 is 0. The van der Waals surface area contributed by atoms with Crippen LogP contribution in [0.4, 0.5) is 0 Å². The highest BCUT2D eigenvalue weighted by molar-refractivity contribution is 6.70. The summed E-state index contributed by atoms with van der Waals surface area (Å²) in [6.45, 7) is 15.8. The number of fused-ring (bicyclic) bond motifs is 5. The third-order valence-electron chi connectivity index (χ3n) is 7.29. The molecule has 2 saturated carbocycles. The van der Waals surface area contributed by atoms with Crippen molar-refractivity contribution in [3.63, 3.8) is 0 Å². The summed E-state index contributed by atoms with van der Waals surface area (Å²) in [4.78, 5) is 12.9. The van der Waals surface area contributed by atoms with Crippen LogP contribution >= 0.6 is 0 Å². The van der Waals surface area contributed by atoms with Crippen LogP contribution in [0.3, 0.4) is 0 Å². The molecule has 0 radical (unpaired) electrons. The van der Waals surface area contributed by atoms with Crippen LogP contribution in [-0.2, 0) is 15.6 Å². The quantitative estimate of drug-likeness (QED) is 0.537. The molecule has 0 amide bonds. The number of benzene rings is 1. The Bertz CT molecular complexity index is 807. The molecule has 1 aromatic carbocycles. The van der Waals surface area contributed by atoms with Crippen LogP contribution in [0, 0.1) is 17.3 Å². The molecule has 3 aliphatic rings. The zero-order valence-corrected chi connectivity index (χ0v) is 21.3. The van der Waals surface area contributed by atoms with E-state index in [-0.39, 0.29) is 11.5 Å². The van der Waals surface area contributed by atoms with Crippen molar-refractivity contribution in [2.45, 2.75) is 90.3 Å². The minimum atomic E-state index is -1.71. The molecule has 1 unspecified atom stereocenters. The SMILES string of the molecule is C[C@]12CC(O[Si](C)(C)C)[C@@H]3c4ccc(O[Si](C)(C)C)cc4CC[C@H]3[C@@H]1CCC2=O. The van der Waals surface area contributed by atoms with Gasteiger partial charge in [0.2, 0.25) is 8.32 Å². The van der Waals surface area contributed by atoms with Gasteiger partial charge in [-0.25, -0.2) is 0 Å². The summed E-state index contributed by atoms with van der Waals surface area (Å²) in [7, 11) is -3.33. The van der Waals surface area contributed by atoms with E-state index in [0.717, 1.165) is 31.4 Å². The standard InChI is InChI=1S/C24H38O3Si2/c1-24-15-21(27-29(5,6)7)23-18-11-9-17(26-28(2,3)4)14-16(18)8-10-19(23)20(24)12-13-22(24)25/h9,11,14,19-21,23H,8,10,12-13,15H2,1-7H3/t19-,20-,21?,23+,24-/m0/s1. The summed E-state index contributed by atoms with van der Waals surface area (Å²) in [5.74, 6) is 3.02. The summed E-state index contributed by atoms with van der Waals surface area (Å²) in [6.07, 6.45) is 5.17. The maximum Gasteiger partial charge on any atom is 0.242 e. The Balaban J connectivity index is 1.73. The Morgan fingerprint density at radius 2 is 1.72 bits per heavy atom. The van der Waals surface area contributed by atoms with Gasteiger partial charge in [0.05, 0.1) is 6.10 Å². The predicted octanol–water partition coefficient (Wildman–Crippen LogP) is 6.16. The van der Waals surface area contributed by atoms with Crippen molar-refractivity contribution in [2.24, 2.45) is 17.3 Å². The Morgan fingerprint density at radius 3 is 2.38 bits per heavy atom. The number of ketones is 1. The van der Waals surface area contributed by atoms with Crippen molar-refractivity contribution in [1.82, 2.24) is 0 Å². The largest absolute Gasteiger partial charge is 0.544 e. The van der Waals surface area contributed by atoms with Crippen LogP contribution in [0.1, 0.15) is 49.7 Å². The molecule has 160 valence electrons. The first kappa shape index (κ1) is 21.3. The molecule has 0 bridgehead atoms. The first-order chi connectivity index (χ1) is 13.4. The van der Waals surface area contributed by atoms with Crippen LogP contribution in [0.5, 0.6) is 5.75 Å². The summed E-state index contributed by atoms with van der Waals surface area (Å²) in [5.41, 5.74) is 2.73. The minimum absolute atomic E-state index is 0.165. The zero-order valence-electron chi connectivity index (χ0n) is 19.3. The molecule has 0 aromatic heterocycles. The summed E-state index contributed by atoms with van der Waals surface area (Å²) < 4.78 is 13.1. The molecule has 29 heavy (non-hydrogen) atoms. The second-order valence-electron chi connectivity index (χ2n) is 11.8. The van der Waals surface area contributed by atoms with E-state index in [1.807, 2.05) is 0 Å². The topological polar surface area (TPSA) is 35.5 Å². The Hall–Kier alpha value is -0.916. The predicted molar refractivity (Wildman–Crippen MR) is 124 cm³/mol. The molecule has 0 saturated heterocycles. The van der Waals surface area contributed by atoms with Crippen LogP contribution in [0.2, 0.25) is 39.3 Å². The lowest BCUT2D eigenvalue weighted by Gasteiger charge is -2.53. The highest BCUT2D eigenvalue weighted by atomic mass is 28.4. The molecule has 4 rings (SSSR count). The molecule has 5 atom stereocenters. The molecule has 3 aliphatic carbocycles. The van der Waals surface area contributed by atoms with E-state index in [1.54, 1.807) is 0 Å². The number of hydrogen-bond acceptors (Lipinski definition) is 3. The van der Waals surface area contributed by atoms with Crippen molar-refractivity contribution in [2.75, 3.05) is 0 Å². The lowest BCUT2D eigenvalue weighted by atomic mass is 9.54. The van der Waals surface area contributed by atoms with E-state index < -0.39 is 16.6 Å². The molecule has 0 aliphatic heterocycles. The highest BCUT2D eigenvalue weighted by Gasteiger charge is 2.58.